The highest BCUT2D eigenvalue weighted by Gasteiger charge is 2.30. The fraction of sp³-hybridized carbons (Fsp3) is 0.381. The lowest BCUT2D eigenvalue weighted by Crippen LogP contribution is -2.39. The number of carbonyl (C=O) groups is 1. The maximum absolute atomic E-state index is 12.8. The monoisotopic (exact) mass is 392 g/mol. The highest BCUT2D eigenvalue weighted by Crippen LogP contribution is 2.29. The van der Waals surface area contributed by atoms with Crippen molar-refractivity contribution in [2.45, 2.75) is 18.7 Å². The zero-order chi connectivity index (χ0) is 20.0. The lowest BCUT2D eigenvalue weighted by atomic mass is 10.1. The molecule has 3 rings (SSSR count). The average molecular weight is 392 g/mol. The van der Waals surface area contributed by atoms with E-state index < -0.39 is 17.6 Å². The topological polar surface area (TPSA) is 41.6 Å². The van der Waals surface area contributed by atoms with E-state index in [2.05, 4.69) is 10.2 Å². The van der Waals surface area contributed by atoms with Crippen LogP contribution >= 0.6 is 0 Å². The molecule has 0 spiro atoms. The van der Waals surface area contributed by atoms with E-state index in [9.17, 15) is 18.0 Å². The molecule has 28 heavy (non-hydrogen) atoms. The van der Waals surface area contributed by atoms with Gasteiger partial charge in [-0.15, -0.1) is 0 Å². The predicted molar refractivity (Wildman–Crippen MR) is 100.0 cm³/mol. The second-order valence-corrected chi connectivity index (χ2v) is 6.76. The Kier molecular flexibility index (Phi) is 6.70. The molecule has 7 heteroatoms. The maximum Gasteiger partial charge on any atom is 0.416 e. The summed E-state index contributed by atoms with van der Waals surface area (Å²) in [6, 6.07) is 14.5. The first-order valence-corrected chi connectivity index (χ1v) is 9.28. The van der Waals surface area contributed by atoms with Crippen LogP contribution in [0.3, 0.4) is 0 Å². The first-order chi connectivity index (χ1) is 13.4. The van der Waals surface area contributed by atoms with Gasteiger partial charge in [0, 0.05) is 31.7 Å². The third-order valence-electron chi connectivity index (χ3n) is 4.71. The van der Waals surface area contributed by atoms with E-state index in [1.165, 1.54) is 12.1 Å². The summed E-state index contributed by atoms with van der Waals surface area (Å²) < 4.78 is 44.1. The second-order valence-electron chi connectivity index (χ2n) is 6.76. The van der Waals surface area contributed by atoms with E-state index in [4.69, 9.17) is 4.74 Å². The van der Waals surface area contributed by atoms with E-state index in [0.29, 0.717) is 19.6 Å². The Hall–Kier alpha value is -2.38. The summed E-state index contributed by atoms with van der Waals surface area (Å²) in [6.07, 6.45) is -3.71. The average Bonchev–Trinajstić information content (AvgIpc) is 2.71. The molecule has 0 unspecified atom stereocenters. The minimum atomic E-state index is -4.46. The quantitative estimate of drug-likeness (QED) is 0.759. The minimum absolute atomic E-state index is 0.0188. The fourth-order valence-corrected chi connectivity index (χ4v) is 3.22. The fourth-order valence-electron chi connectivity index (χ4n) is 3.22. The first kappa shape index (κ1) is 20.4. The molecular formula is C21H23F3N2O2. The highest BCUT2D eigenvalue weighted by atomic mass is 19.4. The van der Waals surface area contributed by atoms with Crippen LogP contribution in [-0.2, 0) is 10.9 Å². The number of nitrogens with zero attached hydrogens (tertiary/aromatic N) is 1. The van der Waals surface area contributed by atoms with Crippen molar-refractivity contribution in [2.75, 3.05) is 32.8 Å². The normalized spacial score (nSPS) is 18.0. The lowest BCUT2D eigenvalue weighted by molar-refractivity contribution is -0.137. The number of nitrogens with one attached hydrogen (secondary N) is 1. The van der Waals surface area contributed by atoms with Gasteiger partial charge in [-0.3, -0.25) is 9.69 Å². The molecule has 0 aromatic heterocycles. The van der Waals surface area contributed by atoms with Crippen molar-refractivity contribution in [3.63, 3.8) is 0 Å². The van der Waals surface area contributed by atoms with Gasteiger partial charge >= 0.3 is 6.18 Å². The second kappa shape index (κ2) is 9.21. The van der Waals surface area contributed by atoms with Gasteiger partial charge in [-0.1, -0.05) is 36.4 Å². The van der Waals surface area contributed by atoms with Crippen LogP contribution in [-0.4, -0.2) is 43.6 Å². The summed E-state index contributed by atoms with van der Waals surface area (Å²) in [5, 5.41) is 2.70. The molecular weight excluding hydrogens is 369 g/mol. The number of alkyl halides is 3. The van der Waals surface area contributed by atoms with Crippen LogP contribution in [0.1, 0.15) is 34.0 Å². The molecule has 2 aromatic carbocycles. The molecule has 1 aliphatic rings. The van der Waals surface area contributed by atoms with E-state index in [1.807, 2.05) is 30.3 Å². The molecule has 150 valence electrons. The SMILES string of the molecule is O=C(NCCCN1CCO[C@@H](c2ccccc2)C1)c1cccc(C(F)(F)F)c1. The number of amides is 1. The molecule has 0 aliphatic carbocycles. The number of benzene rings is 2. The zero-order valence-electron chi connectivity index (χ0n) is 15.4. The highest BCUT2D eigenvalue weighted by molar-refractivity contribution is 5.94. The molecule has 1 heterocycles. The largest absolute Gasteiger partial charge is 0.416 e. The Balaban J connectivity index is 1.44. The van der Waals surface area contributed by atoms with Crippen LogP contribution in [0.2, 0.25) is 0 Å². The molecule has 1 saturated heterocycles. The molecule has 0 radical (unpaired) electrons. The van der Waals surface area contributed by atoms with E-state index in [-0.39, 0.29) is 11.7 Å². The van der Waals surface area contributed by atoms with Crippen molar-refractivity contribution in [1.29, 1.82) is 0 Å². The van der Waals surface area contributed by atoms with Crippen LogP contribution in [0.5, 0.6) is 0 Å². The smallest absolute Gasteiger partial charge is 0.371 e. The van der Waals surface area contributed by atoms with E-state index in [1.54, 1.807) is 0 Å². The van der Waals surface area contributed by atoms with Gasteiger partial charge in [-0.2, -0.15) is 13.2 Å². The van der Waals surface area contributed by atoms with Crippen LogP contribution in [0, 0.1) is 0 Å². The summed E-state index contributed by atoms with van der Waals surface area (Å²) in [7, 11) is 0. The summed E-state index contributed by atoms with van der Waals surface area (Å²) in [5.41, 5.74) is 0.343. The maximum atomic E-state index is 12.8. The van der Waals surface area contributed by atoms with Gasteiger partial charge < -0.3 is 10.1 Å². The van der Waals surface area contributed by atoms with Gasteiger partial charge in [-0.05, 0) is 30.2 Å². The van der Waals surface area contributed by atoms with Gasteiger partial charge in [0.25, 0.3) is 5.91 Å². The number of halogens is 3. The number of hydrogen-bond donors (Lipinski definition) is 1. The van der Waals surface area contributed by atoms with Crippen LogP contribution < -0.4 is 5.32 Å². The van der Waals surface area contributed by atoms with Gasteiger partial charge in [0.1, 0.15) is 0 Å². The standard InChI is InChI=1S/C21H23F3N2O2/c22-21(23,24)18-9-4-8-17(14-18)20(27)25-10-5-11-26-12-13-28-19(15-26)16-6-2-1-3-7-16/h1-4,6-9,14,19H,5,10-13,15H2,(H,25,27)/t19-/m1/s1. The van der Waals surface area contributed by atoms with Crippen LogP contribution in [0.4, 0.5) is 13.2 Å². The molecule has 1 N–H and O–H groups in total. The van der Waals surface area contributed by atoms with Crippen molar-refractivity contribution in [3.8, 4) is 0 Å². The Morgan fingerprint density at radius 2 is 1.93 bits per heavy atom. The Labute approximate surface area is 162 Å². The van der Waals surface area contributed by atoms with Crippen LogP contribution in [0.15, 0.2) is 54.6 Å². The summed E-state index contributed by atoms with van der Waals surface area (Å²) >= 11 is 0. The third-order valence-corrected chi connectivity index (χ3v) is 4.71. The Bertz CT molecular complexity index is 781. The van der Waals surface area contributed by atoms with Gasteiger partial charge in [0.15, 0.2) is 0 Å². The first-order valence-electron chi connectivity index (χ1n) is 9.28. The van der Waals surface area contributed by atoms with Gasteiger partial charge in [0.2, 0.25) is 0 Å². The summed E-state index contributed by atoms with van der Waals surface area (Å²) in [6.45, 7) is 3.45. The lowest BCUT2D eigenvalue weighted by Gasteiger charge is -2.33. The molecule has 4 nitrogen and oxygen atoms in total. The molecule has 1 aliphatic heterocycles. The number of hydrogen-bond acceptors (Lipinski definition) is 3. The third kappa shape index (κ3) is 5.56. The molecule has 1 fully saturated rings. The van der Waals surface area contributed by atoms with Gasteiger partial charge in [0.05, 0.1) is 18.3 Å². The zero-order valence-corrected chi connectivity index (χ0v) is 15.4. The van der Waals surface area contributed by atoms with Crippen molar-refractivity contribution < 1.29 is 22.7 Å². The minimum Gasteiger partial charge on any atom is -0.371 e. The van der Waals surface area contributed by atoms with Crippen LogP contribution in [0.25, 0.3) is 0 Å². The van der Waals surface area contributed by atoms with Crippen molar-refractivity contribution in [2.24, 2.45) is 0 Å². The molecule has 1 amide bonds. The summed E-state index contributed by atoms with van der Waals surface area (Å²) in [4.78, 5) is 14.4. The van der Waals surface area contributed by atoms with Gasteiger partial charge in [-0.25, -0.2) is 0 Å². The van der Waals surface area contributed by atoms with E-state index in [0.717, 1.165) is 37.3 Å². The number of carbonyl (C=O) groups excluding carboxylic acids is 1. The number of morpholine rings is 1. The van der Waals surface area contributed by atoms with Crippen molar-refractivity contribution in [1.82, 2.24) is 10.2 Å². The molecule has 1 atom stereocenters. The Morgan fingerprint density at radius 3 is 2.68 bits per heavy atom. The predicted octanol–water partition coefficient (Wildman–Crippen LogP) is 3.90. The van der Waals surface area contributed by atoms with E-state index >= 15 is 0 Å². The Morgan fingerprint density at radius 1 is 1.14 bits per heavy atom. The van der Waals surface area contributed by atoms with Crippen molar-refractivity contribution in [3.05, 3.63) is 71.3 Å². The molecule has 0 bridgehead atoms. The van der Waals surface area contributed by atoms with Crippen molar-refractivity contribution >= 4 is 5.91 Å². The molecule has 2 aromatic rings. The number of ether oxygens (including phenoxy) is 1. The molecule has 0 saturated carbocycles. The number of rotatable bonds is 6. The summed E-state index contributed by atoms with van der Waals surface area (Å²) in [5.74, 6) is -0.491.